The predicted molar refractivity (Wildman–Crippen MR) is 65.7 cm³/mol. The van der Waals surface area contributed by atoms with E-state index in [-0.39, 0.29) is 35.5 Å². The third kappa shape index (κ3) is 2.41. The molecule has 0 saturated carbocycles. The van der Waals surface area contributed by atoms with Gasteiger partial charge in [-0.25, -0.2) is 4.79 Å². The summed E-state index contributed by atoms with van der Waals surface area (Å²) in [5, 5.41) is 10.3. The molecule has 7 heteroatoms. The summed E-state index contributed by atoms with van der Waals surface area (Å²) in [6, 6.07) is 1.50. The van der Waals surface area contributed by atoms with Crippen molar-refractivity contribution in [3.63, 3.8) is 0 Å². The molecule has 6 nitrogen and oxygen atoms in total. The molecule has 1 aliphatic heterocycles. The van der Waals surface area contributed by atoms with Crippen LogP contribution in [-0.4, -0.2) is 31.6 Å². The molecule has 1 aromatic carbocycles. The lowest BCUT2D eigenvalue weighted by Crippen LogP contribution is -2.17. The van der Waals surface area contributed by atoms with Gasteiger partial charge in [0, 0.05) is 6.07 Å². The van der Waals surface area contributed by atoms with Crippen LogP contribution in [0.3, 0.4) is 0 Å². The summed E-state index contributed by atoms with van der Waals surface area (Å²) in [5.41, 5.74) is 0.112. The fourth-order valence-corrected chi connectivity index (χ4v) is 2.09. The predicted octanol–water partition coefficient (Wildman–Crippen LogP) is 1.67. The maximum Gasteiger partial charge on any atom is 0.339 e. The number of aliphatic hydroxyl groups is 1. The zero-order valence-corrected chi connectivity index (χ0v) is 11.2. The van der Waals surface area contributed by atoms with Crippen LogP contribution < -0.4 is 14.2 Å². The Bertz CT molecular complexity index is 498. The fourth-order valence-electron chi connectivity index (χ4n) is 1.81. The van der Waals surface area contributed by atoms with E-state index in [0.717, 1.165) is 0 Å². The quantitative estimate of drug-likeness (QED) is 0.850. The Morgan fingerprint density at radius 2 is 2.32 bits per heavy atom. The van der Waals surface area contributed by atoms with Crippen molar-refractivity contribution in [1.82, 2.24) is 0 Å². The highest BCUT2D eigenvalue weighted by Gasteiger charge is 2.33. The Morgan fingerprint density at radius 3 is 2.95 bits per heavy atom. The Balaban J connectivity index is 2.51. The van der Waals surface area contributed by atoms with Crippen LogP contribution >= 0.6 is 11.6 Å². The van der Waals surface area contributed by atoms with Gasteiger partial charge in [-0.1, -0.05) is 11.6 Å². The molecule has 0 bridgehead atoms. The summed E-state index contributed by atoms with van der Waals surface area (Å²) in [7, 11) is 1.38. The summed E-state index contributed by atoms with van der Waals surface area (Å²) < 4.78 is 20.3. The molecule has 0 aliphatic carbocycles. The summed E-state index contributed by atoms with van der Waals surface area (Å²) in [6.07, 6.45) is -1.55. The van der Waals surface area contributed by atoms with E-state index < -0.39 is 12.1 Å². The largest absolute Gasteiger partial charge is 0.495 e. The number of hydrogen-bond acceptors (Lipinski definition) is 6. The standard InChI is InChI=1S/C12H13ClO6/c1-3-17-12(15)9(14)8-10(16-2)6(13)4-7-11(8)19-5-18-7/h4,9,14H,3,5H2,1-2H3. The normalized spacial score (nSPS) is 14.1. The molecule has 2 rings (SSSR count). The number of hydrogen-bond donors (Lipinski definition) is 1. The van der Waals surface area contributed by atoms with Crippen molar-refractivity contribution < 1.29 is 28.8 Å². The molecule has 0 fully saturated rings. The SMILES string of the molecule is CCOC(=O)C(O)c1c(OC)c(Cl)cc2c1OCO2. The molecule has 0 aromatic heterocycles. The summed E-state index contributed by atoms with van der Waals surface area (Å²) in [4.78, 5) is 11.7. The van der Waals surface area contributed by atoms with Crippen LogP contribution in [-0.2, 0) is 9.53 Å². The Kier molecular flexibility index (Phi) is 4.01. The molecule has 104 valence electrons. The molecule has 1 atom stereocenters. The van der Waals surface area contributed by atoms with E-state index in [4.69, 9.17) is 30.5 Å². The van der Waals surface area contributed by atoms with Gasteiger partial charge in [-0.3, -0.25) is 0 Å². The molecule has 1 heterocycles. The van der Waals surface area contributed by atoms with Gasteiger partial charge >= 0.3 is 5.97 Å². The second-order valence-electron chi connectivity index (χ2n) is 3.69. The van der Waals surface area contributed by atoms with Crippen molar-refractivity contribution in [2.45, 2.75) is 13.0 Å². The highest BCUT2D eigenvalue weighted by Crippen LogP contribution is 2.48. The fraction of sp³-hybridized carbons (Fsp3) is 0.417. The summed E-state index contributed by atoms with van der Waals surface area (Å²) >= 11 is 6.02. The lowest BCUT2D eigenvalue weighted by Gasteiger charge is -2.16. The maximum atomic E-state index is 11.7. The summed E-state index contributed by atoms with van der Waals surface area (Å²) in [6.45, 7) is 1.78. The average Bonchev–Trinajstić information content (AvgIpc) is 2.84. The lowest BCUT2D eigenvalue weighted by atomic mass is 10.1. The third-order valence-corrected chi connectivity index (χ3v) is 2.87. The van der Waals surface area contributed by atoms with Gasteiger partial charge in [0.25, 0.3) is 0 Å². The zero-order chi connectivity index (χ0) is 14.0. The Morgan fingerprint density at radius 1 is 1.58 bits per heavy atom. The van der Waals surface area contributed by atoms with Crippen LogP contribution in [0.5, 0.6) is 17.2 Å². The highest BCUT2D eigenvalue weighted by atomic mass is 35.5. The van der Waals surface area contributed by atoms with E-state index in [1.807, 2.05) is 0 Å². The van der Waals surface area contributed by atoms with Gasteiger partial charge in [-0.15, -0.1) is 0 Å². The molecule has 1 aliphatic rings. The molecule has 0 spiro atoms. The highest BCUT2D eigenvalue weighted by molar-refractivity contribution is 6.32. The minimum atomic E-state index is -1.55. The van der Waals surface area contributed by atoms with E-state index >= 15 is 0 Å². The van der Waals surface area contributed by atoms with E-state index in [1.54, 1.807) is 6.92 Å². The molecule has 1 N–H and O–H groups in total. The van der Waals surface area contributed by atoms with Gasteiger partial charge in [0.15, 0.2) is 17.6 Å². The van der Waals surface area contributed by atoms with Crippen LogP contribution in [0, 0.1) is 0 Å². The first-order valence-electron chi connectivity index (χ1n) is 5.60. The Labute approximate surface area is 114 Å². The van der Waals surface area contributed by atoms with Crippen LogP contribution in [0.4, 0.5) is 0 Å². The number of halogens is 1. The first kappa shape index (κ1) is 13.8. The maximum absolute atomic E-state index is 11.7. The van der Waals surface area contributed by atoms with E-state index in [2.05, 4.69) is 0 Å². The second-order valence-corrected chi connectivity index (χ2v) is 4.10. The number of carbonyl (C=O) groups excluding carboxylic acids is 1. The topological polar surface area (TPSA) is 74.2 Å². The van der Waals surface area contributed by atoms with E-state index in [0.29, 0.717) is 5.75 Å². The van der Waals surface area contributed by atoms with Crippen molar-refractivity contribution in [3.05, 3.63) is 16.7 Å². The lowest BCUT2D eigenvalue weighted by molar-refractivity contribution is -0.153. The number of fused-ring (bicyclic) bond motifs is 1. The van der Waals surface area contributed by atoms with E-state index in [9.17, 15) is 9.90 Å². The van der Waals surface area contributed by atoms with Crippen molar-refractivity contribution in [2.24, 2.45) is 0 Å². The van der Waals surface area contributed by atoms with E-state index in [1.165, 1.54) is 13.2 Å². The minimum Gasteiger partial charge on any atom is -0.495 e. The number of benzene rings is 1. The first-order valence-corrected chi connectivity index (χ1v) is 5.98. The molecular formula is C12H13ClO6. The molecule has 0 saturated heterocycles. The molecule has 0 radical (unpaired) electrons. The van der Waals surface area contributed by atoms with Crippen LogP contribution in [0.2, 0.25) is 5.02 Å². The molecule has 19 heavy (non-hydrogen) atoms. The number of methoxy groups -OCH3 is 1. The summed E-state index contributed by atoms with van der Waals surface area (Å²) in [5.74, 6) is -0.0572. The van der Waals surface area contributed by atoms with Gasteiger partial charge in [-0.2, -0.15) is 0 Å². The van der Waals surface area contributed by atoms with Crippen molar-refractivity contribution in [2.75, 3.05) is 20.5 Å². The van der Waals surface area contributed by atoms with Crippen LogP contribution in [0.1, 0.15) is 18.6 Å². The first-order chi connectivity index (χ1) is 9.10. The Hall–Kier alpha value is -1.66. The van der Waals surface area contributed by atoms with Crippen molar-refractivity contribution in [3.8, 4) is 17.2 Å². The smallest absolute Gasteiger partial charge is 0.339 e. The molecule has 0 amide bonds. The van der Waals surface area contributed by atoms with Crippen LogP contribution in [0.25, 0.3) is 0 Å². The second kappa shape index (κ2) is 5.54. The molecule has 1 unspecified atom stereocenters. The number of rotatable bonds is 4. The van der Waals surface area contributed by atoms with Crippen molar-refractivity contribution in [1.29, 1.82) is 0 Å². The zero-order valence-electron chi connectivity index (χ0n) is 10.4. The number of ether oxygens (including phenoxy) is 4. The number of aliphatic hydroxyl groups excluding tert-OH is 1. The molecule has 1 aromatic rings. The van der Waals surface area contributed by atoms with Gasteiger partial charge in [0.05, 0.1) is 24.3 Å². The van der Waals surface area contributed by atoms with Crippen molar-refractivity contribution >= 4 is 17.6 Å². The third-order valence-electron chi connectivity index (χ3n) is 2.59. The molecular weight excluding hydrogens is 276 g/mol. The van der Waals surface area contributed by atoms with Crippen LogP contribution in [0.15, 0.2) is 6.07 Å². The van der Waals surface area contributed by atoms with Gasteiger partial charge in [-0.05, 0) is 6.92 Å². The van der Waals surface area contributed by atoms with Gasteiger partial charge < -0.3 is 24.1 Å². The van der Waals surface area contributed by atoms with Gasteiger partial charge in [0.2, 0.25) is 6.79 Å². The average molecular weight is 289 g/mol. The number of esters is 1. The monoisotopic (exact) mass is 288 g/mol. The minimum absolute atomic E-state index is 0.0125. The number of carbonyl (C=O) groups is 1. The van der Waals surface area contributed by atoms with Gasteiger partial charge in [0.1, 0.15) is 5.75 Å².